The summed E-state index contributed by atoms with van der Waals surface area (Å²) in [5.74, 6) is -0.828. The Morgan fingerprint density at radius 3 is 1.57 bits per heavy atom. The van der Waals surface area contributed by atoms with E-state index in [4.69, 9.17) is 14.8 Å². The van der Waals surface area contributed by atoms with Crippen LogP contribution in [0.1, 0.15) is 79.3 Å². The number of rotatable bonds is 8. The lowest BCUT2D eigenvalue weighted by Gasteiger charge is -2.14. The maximum atomic E-state index is 13.4. The number of benzene rings is 2. The fraction of sp³-hybridized carbons (Fsp3) is 0.351. The molecule has 0 saturated heterocycles. The van der Waals surface area contributed by atoms with Gasteiger partial charge in [-0.1, -0.05) is 21.3 Å². The van der Waals surface area contributed by atoms with Gasteiger partial charge in [-0.15, -0.1) is 0 Å². The minimum Gasteiger partial charge on any atom is -0.469 e. The van der Waals surface area contributed by atoms with Gasteiger partial charge in [-0.2, -0.15) is 0 Å². The van der Waals surface area contributed by atoms with Crippen molar-refractivity contribution in [1.82, 2.24) is 9.97 Å². The second kappa shape index (κ2) is 20.5. The fourth-order valence-corrected chi connectivity index (χ4v) is 5.54. The summed E-state index contributed by atoms with van der Waals surface area (Å²) in [4.78, 5) is 30.9. The van der Waals surface area contributed by atoms with E-state index in [2.05, 4.69) is 30.6 Å². The molecule has 2 aromatic carbocycles. The quantitative estimate of drug-likeness (QED) is 0.109. The van der Waals surface area contributed by atoms with Crippen molar-refractivity contribution in [2.24, 2.45) is 0 Å². The van der Waals surface area contributed by atoms with Gasteiger partial charge in [0.1, 0.15) is 16.2 Å². The third-order valence-corrected chi connectivity index (χ3v) is 8.08. The number of pyridine rings is 2. The van der Waals surface area contributed by atoms with Gasteiger partial charge in [0.25, 0.3) is 0 Å². The van der Waals surface area contributed by atoms with Gasteiger partial charge < -0.3 is 19.5 Å². The summed E-state index contributed by atoms with van der Waals surface area (Å²) in [6.45, 7) is 11.0. The van der Waals surface area contributed by atoms with Crippen molar-refractivity contribution >= 4 is 40.4 Å². The van der Waals surface area contributed by atoms with Gasteiger partial charge in [0.15, 0.2) is 0 Å². The first-order valence-electron chi connectivity index (χ1n) is 15.2. The molecule has 2 heterocycles. The molecular formula is C37H46BBrF2N2O6. The fourth-order valence-electron chi connectivity index (χ4n) is 5.16. The largest absolute Gasteiger partial charge is 0.488 e. The van der Waals surface area contributed by atoms with E-state index in [1.165, 1.54) is 38.5 Å². The highest BCUT2D eigenvalue weighted by Crippen LogP contribution is 2.29. The predicted molar refractivity (Wildman–Crippen MR) is 194 cm³/mol. The highest BCUT2D eigenvalue weighted by atomic mass is 79.9. The summed E-state index contributed by atoms with van der Waals surface area (Å²) in [6.07, 6.45) is 4.15. The van der Waals surface area contributed by atoms with Crippen molar-refractivity contribution in [2.45, 2.75) is 73.6 Å². The molecule has 0 aliphatic heterocycles. The van der Waals surface area contributed by atoms with Gasteiger partial charge in [0, 0.05) is 18.0 Å². The first-order chi connectivity index (χ1) is 22.6. The normalized spacial score (nSPS) is 11.4. The van der Waals surface area contributed by atoms with Crippen LogP contribution < -0.4 is 5.46 Å². The monoisotopic (exact) mass is 742 g/mol. The Bertz CT molecular complexity index is 1660. The Kier molecular flexibility index (Phi) is 18.0. The third kappa shape index (κ3) is 13.4. The molecule has 0 aliphatic rings. The number of aryl methyl sites for hydroxylation is 4. The zero-order chi connectivity index (χ0) is 36.1. The molecule has 0 saturated carbocycles. The van der Waals surface area contributed by atoms with Crippen LogP contribution >= 0.6 is 15.9 Å². The molecule has 12 heteroatoms. The molecule has 4 rings (SSSR count). The summed E-state index contributed by atoms with van der Waals surface area (Å²) in [7, 11) is 1.26. The van der Waals surface area contributed by atoms with E-state index in [-0.39, 0.29) is 42.8 Å². The summed E-state index contributed by atoms with van der Waals surface area (Å²) in [5.41, 5.74) is 7.03. The summed E-state index contributed by atoms with van der Waals surface area (Å²) >= 11 is 3.29. The molecule has 264 valence electrons. The first kappa shape index (κ1) is 43.0. The number of hydrogen-bond donors (Lipinski definition) is 2. The molecule has 8 nitrogen and oxygen atoms in total. The number of ether oxygens (including phenoxy) is 2. The van der Waals surface area contributed by atoms with Crippen molar-refractivity contribution < 1.29 is 37.9 Å². The second-order valence-corrected chi connectivity index (χ2v) is 12.3. The molecule has 49 heavy (non-hydrogen) atoms. The molecule has 0 fully saturated rings. The van der Waals surface area contributed by atoms with E-state index in [1.807, 2.05) is 52.0 Å². The van der Waals surface area contributed by atoms with E-state index in [9.17, 15) is 18.4 Å². The third-order valence-electron chi connectivity index (χ3n) is 7.64. The van der Waals surface area contributed by atoms with Crippen LogP contribution in [0.3, 0.4) is 0 Å². The minimum absolute atomic E-state index is 0. The van der Waals surface area contributed by atoms with Crippen LogP contribution in [-0.4, -0.2) is 53.3 Å². The number of halogens is 3. The zero-order valence-electron chi connectivity index (χ0n) is 28.5. The zero-order valence-corrected chi connectivity index (χ0v) is 30.1. The van der Waals surface area contributed by atoms with Crippen LogP contribution in [0.15, 0.2) is 65.5 Å². The van der Waals surface area contributed by atoms with E-state index in [1.54, 1.807) is 26.2 Å². The molecule has 0 bridgehead atoms. The Hall–Kier alpha value is -4.00. The highest BCUT2D eigenvalue weighted by molar-refractivity contribution is 9.10. The molecule has 4 aromatic rings. The number of esters is 2. The standard InChI is InChI=1S/C18H20FNO2.C10H12BrNO2.C8H10BFO2.CH4/c1-11(9-17(21)22-4)14-5-6-20-16(10-14)18-12(2)7-15(19)8-13(18)3;1-7(5-10(13)14-2)8-3-4-12-9(11)6-8;1-5-3-7(10)4-6(2)8(5)9(11)12;/h5-8,10-11H,9H2,1-4H3;3-4,6-7H,5H2,1-2H3;3-4,11-12H,1-2H3;1H4/t11-;7-;;/m00../s1. The smallest absolute Gasteiger partial charge is 0.469 e. The molecule has 2 N–H and O–H groups in total. The van der Waals surface area contributed by atoms with Gasteiger partial charge in [-0.25, -0.2) is 13.8 Å². The number of carbonyl (C=O) groups excluding carboxylic acids is 2. The Balaban J connectivity index is 0.000000386. The lowest BCUT2D eigenvalue weighted by molar-refractivity contribution is -0.141. The Morgan fingerprint density at radius 1 is 0.755 bits per heavy atom. The SMILES string of the molecule is C.COC(=O)C[C@H](C)c1ccnc(-c2c(C)cc(F)cc2C)c1.COC(=O)C[C@H](C)c1ccnc(Br)c1.Cc1cc(F)cc(C)c1B(O)O. The molecule has 0 aliphatic carbocycles. The molecule has 0 amide bonds. The molecule has 2 atom stereocenters. The summed E-state index contributed by atoms with van der Waals surface area (Å²) in [6, 6.07) is 13.2. The maximum absolute atomic E-state index is 13.4. The van der Waals surface area contributed by atoms with Crippen molar-refractivity contribution in [3.63, 3.8) is 0 Å². The lowest BCUT2D eigenvalue weighted by atomic mass is 9.74. The van der Waals surface area contributed by atoms with E-state index in [0.717, 1.165) is 38.1 Å². The van der Waals surface area contributed by atoms with E-state index >= 15 is 0 Å². The maximum Gasteiger partial charge on any atom is 0.488 e. The lowest BCUT2D eigenvalue weighted by Crippen LogP contribution is -2.34. The molecule has 0 spiro atoms. The Morgan fingerprint density at radius 2 is 1.16 bits per heavy atom. The van der Waals surface area contributed by atoms with E-state index in [0.29, 0.717) is 29.4 Å². The molecule has 0 unspecified atom stereocenters. The Labute approximate surface area is 297 Å². The van der Waals surface area contributed by atoms with Crippen LogP contribution in [0.25, 0.3) is 11.3 Å². The van der Waals surface area contributed by atoms with Crippen molar-refractivity contribution in [3.8, 4) is 11.3 Å². The van der Waals surface area contributed by atoms with Gasteiger partial charge in [-0.05, 0) is 143 Å². The van der Waals surface area contributed by atoms with Gasteiger partial charge in [-0.3, -0.25) is 14.6 Å². The molecular weight excluding hydrogens is 697 g/mol. The number of carbonyl (C=O) groups is 2. The molecule has 0 radical (unpaired) electrons. The van der Waals surface area contributed by atoms with Crippen LogP contribution in [-0.2, 0) is 19.1 Å². The van der Waals surface area contributed by atoms with Crippen LogP contribution in [0.5, 0.6) is 0 Å². The number of nitrogens with zero attached hydrogens (tertiary/aromatic N) is 2. The van der Waals surface area contributed by atoms with Crippen LogP contribution in [0.4, 0.5) is 8.78 Å². The first-order valence-corrected chi connectivity index (χ1v) is 16.0. The summed E-state index contributed by atoms with van der Waals surface area (Å²) < 4.78 is 36.3. The van der Waals surface area contributed by atoms with Gasteiger partial charge in [0.2, 0.25) is 0 Å². The van der Waals surface area contributed by atoms with Crippen LogP contribution in [0, 0.1) is 39.3 Å². The van der Waals surface area contributed by atoms with Crippen LogP contribution in [0.2, 0.25) is 0 Å². The van der Waals surface area contributed by atoms with E-state index < -0.39 is 7.12 Å². The van der Waals surface area contributed by atoms with Gasteiger partial charge in [0.05, 0.1) is 32.8 Å². The number of hydrogen-bond acceptors (Lipinski definition) is 8. The van der Waals surface area contributed by atoms with Gasteiger partial charge >= 0.3 is 19.1 Å². The van der Waals surface area contributed by atoms with Crippen molar-refractivity contribution in [3.05, 3.63) is 111 Å². The minimum atomic E-state index is -1.52. The average Bonchev–Trinajstić information content (AvgIpc) is 3.00. The predicted octanol–water partition coefficient (Wildman–Crippen LogP) is 7.44. The average molecular weight is 743 g/mol. The highest BCUT2D eigenvalue weighted by Gasteiger charge is 2.18. The molecule has 2 aromatic heterocycles. The van der Waals surface area contributed by atoms with Crippen molar-refractivity contribution in [1.29, 1.82) is 0 Å². The number of methoxy groups -OCH3 is 2. The van der Waals surface area contributed by atoms with Crippen molar-refractivity contribution in [2.75, 3.05) is 14.2 Å². The second-order valence-electron chi connectivity index (χ2n) is 11.5. The summed E-state index contributed by atoms with van der Waals surface area (Å²) in [5, 5.41) is 17.8. The topological polar surface area (TPSA) is 119 Å². The number of aromatic nitrogens is 2.